The van der Waals surface area contributed by atoms with Crippen LogP contribution in [0.4, 0.5) is 0 Å². The molecule has 1 aromatic heterocycles. The highest BCUT2D eigenvalue weighted by atomic mass is 16.3. The first-order valence-corrected chi connectivity index (χ1v) is 10.0. The lowest BCUT2D eigenvalue weighted by Gasteiger charge is -2.33. The molecule has 1 aromatic rings. The van der Waals surface area contributed by atoms with Gasteiger partial charge in [-0.15, -0.1) is 0 Å². The molecule has 1 unspecified atom stereocenters. The summed E-state index contributed by atoms with van der Waals surface area (Å²) in [5, 5.41) is 6.65. The predicted octanol–water partition coefficient (Wildman–Crippen LogP) is 1.71. The number of carbonyl (C=O) groups excluding carboxylic acids is 1. The van der Waals surface area contributed by atoms with Gasteiger partial charge in [0.05, 0.1) is 6.26 Å². The van der Waals surface area contributed by atoms with Crippen molar-refractivity contribution < 1.29 is 9.21 Å². The molecule has 1 aliphatic rings. The van der Waals surface area contributed by atoms with Gasteiger partial charge >= 0.3 is 0 Å². The number of piperidine rings is 1. The molecule has 7 heteroatoms. The molecular weight excluding hydrogens is 342 g/mol. The second-order valence-electron chi connectivity index (χ2n) is 7.37. The molecule has 1 aliphatic heterocycles. The minimum absolute atomic E-state index is 0.00993. The third-order valence-electron chi connectivity index (χ3n) is 4.97. The van der Waals surface area contributed by atoms with Gasteiger partial charge in [-0.25, -0.2) is 4.99 Å². The van der Waals surface area contributed by atoms with E-state index in [4.69, 9.17) is 4.42 Å². The van der Waals surface area contributed by atoms with Crippen LogP contribution in [0.15, 0.2) is 27.8 Å². The minimum atomic E-state index is -0.00993. The first kappa shape index (κ1) is 21.3. The average Bonchev–Trinajstić information content (AvgIpc) is 3.17. The summed E-state index contributed by atoms with van der Waals surface area (Å²) in [4.78, 5) is 20.4. The number of furan rings is 1. The van der Waals surface area contributed by atoms with Gasteiger partial charge < -0.3 is 24.9 Å². The van der Waals surface area contributed by atoms with Gasteiger partial charge in [0.2, 0.25) is 5.91 Å². The van der Waals surface area contributed by atoms with E-state index in [2.05, 4.69) is 27.4 Å². The Bertz CT molecular complexity index is 571. The molecule has 0 saturated carbocycles. The molecule has 0 aromatic carbocycles. The van der Waals surface area contributed by atoms with Crippen molar-refractivity contribution in [2.45, 2.75) is 45.1 Å². The zero-order valence-corrected chi connectivity index (χ0v) is 17.0. The molecule has 0 radical (unpaired) electrons. The number of likely N-dealkylation sites (tertiary alicyclic amines) is 1. The molecule has 0 bridgehead atoms. The third-order valence-corrected chi connectivity index (χ3v) is 4.97. The molecule has 0 spiro atoms. The number of carbonyl (C=O) groups is 1. The van der Waals surface area contributed by atoms with Crippen molar-refractivity contribution in [2.75, 3.05) is 46.8 Å². The lowest BCUT2D eigenvalue weighted by atomic mass is 10.0. The number of aliphatic imine (C=N–C) groups is 1. The fraction of sp³-hybridized carbons (Fsp3) is 0.700. The Morgan fingerprint density at radius 3 is 2.85 bits per heavy atom. The van der Waals surface area contributed by atoms with Gasteiger partial charge in [0.1, 0.15) is 12.3 Å². The smallest absolute Gasteiger partial charge is 0.243 e. The molecular formula is C20H35N5O2. The summed E-state index contributed by atoms with van der Waals surface area (Å²) < 4.78 is 5.35. The number of guanidine groups is 1. The summed E-state index contributed by atoms with van der Waals surface area (Å²) in [7, 11) is 3.49. The van der Waals surface area contributed by atoms with Gasteiger partial charge in [-0.2, -0.15) is 0 Å². The second kappa shape index (κ2) is 11.6. The van der Waals surface area contributed by atoms with Crippen LogP contribution < -0.4 is 10.6 Å². The van der Waals surface area contributed by atoms with Crippen LogP contribution in [-0.2, 0) is 11.2 Å². The van der Waals surface area contributed by atoms with Crippen molar-refractivity contribution >= 4 is 11.9 Å². The van der Waals surface area contributed by atoms with Crippen LogP contribution in [0, 0.1) is 0 Å². The number of likely N-dealkylation sites (N-methyl/N-ethyl adjacent to an activating group) is 1. The maximum atomic E-state index is 11.8. The fourth-order valence-corrected chi connectivity index (χ4v) is 3.20. The molecule has 27 heavy (non-hydrogen) atoms. The molecule has 1 amide bonds. The maximum absolute atomic E-state index is 11.8. The van der Waals surface area contributed by atoms with Crippen LogP contribution in [0.3, 0.4) is 0 Å². The summed E-state index contributed by atoms with van der Waals surface area (Å²) >= 11 is 0. The maximum Gasteiger partial charge on any atom is 0.243 e. The first-order chi connectivity index (χ1) is 13.1. The quantitative estimate of drug-likeness (QED) is 0.389. The topological polar surface area (TPSA) is 73.1 Å². The zero-order valence-electron chi connectivity index (χ0n) is 17.0. The molecule has 152 valence electrons. The lowest BCUT2D eigenvalue weighted by Crippen LogP contribution is -2.42. The van der Waals surface area contributed by atoms with Crippen molar-refractivity contribution in [1.29, 1.82) is 0 Å². The SMILES string of the molecule is CC1CCCCN1CCCNC(=NCC(=O)N(C)C)NCCc1ccco1. The molecule has 1 fully saturated rings. The van der Waals surface area contributed by atoms with Crippen LogP contribution in [-0.4, -0.2) is 74.5 Å². The Labute approximate surface area is 163 Å². The van der Waals surface area contributed by atoms with Gasteiger partial charge in [0.25, 0.3) is 0 Å². The largest absolute Gasteiger partial charge is 0.469 e. The van der Waals surface area contributed by atoms with Crippen LogP contribution in [0.25, 0.3) is 0 Å². The summed E-state index contributed by atoms with van der Waals surface area (Å²) in [6.45, 7) is 6.32. The molecule has 2 heterocycles. The van der Waals surface area contributed by atoms with Crippen molar-refractivity contribution in [1.82, 2.24) is 20.4 Å². The Hall–Kier alpha value is -2.02. The van der Waals surface area contributed by atoms with Gasteiger partial charge in [0, 0.05) is 46.2 Å². The summed E-state index contributed by atoms with van der Waals surface area (Å²) in [6, 6.07) is 4.54. The van der Waals surface area contributed by atoms with Crippen LogP contribution >= 0.6 is 0 Å². The molecule has 1 atom stereocenters. The number of hydrogen-bond donors (Lipinski definition) is 2. The molecule has 7 nitrogen and oxygen atoms in total. The summed E-state index contributed by atoms with van der Waals surface area (Å²) in [5.74, 6) is 1.61. The number of nitrogens with one attached hydrogen (secondary N) is 2. The van der Waals surface area contributed by atoms with E-state index in [1.165, 1.54) is 25.8 Å². The van der Waals surface area contributed by atoms with Gasteiger partial charge in [0.15, 0.2) is 5.96 Å². The number of amides is 1. The molecule has 1 saturated heterocycles. The van der Waals surface area contributed by atoms with Crippen molar-refractivity contribution in [3.63, 3.8) is 0 Å². The molecule has 2 N–H and O–H groups in total. The van der Waals surface area contributed by atoms with Gasteiger partial charge in [-0.1, -0.05) is 6.42 Å². The van der Waals surface area contributed by atoms with Gasteiger partial charge in [-0.05, 0) is 44.9 Å². The van der Waals surface area contributed by atoms with Crippen LogP contribution in [0.5, 0.6) is 0 Å². The third kappa shape index (κ3) is 8.03. The number of rotatable bonds is 9. The fourth-order valence-electron chi connectivity index (χ4n) is 3.20. The molecule has 2 rings (SSSR count). The Kier molecular flexibility index (Phi) is 9.18. The van der Waals surface area contributed by atoms with E-state index in [1.807, 2.05) is 12.1 Å². The van der Waals surface area contributed by atoms with E-state index in [0.29, 0.717) is 18.5 Å². The Morgan fingerprint density at radius 2 is 2.15 bits per heavy atom. The highest BCUT2D eigenvalue weighted by Gasteiger charge is 2.17. The van der Waals surface area contributed by atoms with Crippen LogP contribution in [0.1, 0.15) is 38.4 Å². The van der Waals surface area contributed by atoms with Crippen molar-refractivity contribution in [2.24, 2.45) is 4.99 Å². The van der Waals surface area contributed by atoms with Crippen LogP contribution in [0.2, 0.25) is 0 Å². The number of nitrogens with zero attached hydrogens (tertiary/aromatic N) is 3. The van der Waals surface area contributed by atoms with Crippen molar-refractivity contribution in [3.8, 4) is 0 Å². The van der Waals surface area contributed by atoms with E-state index in [9.17, 15) is 4.79 Å². The summed E-state index contributed by atoms with van der Waals surface area (Å²) in [5.41, 5.74) is 0. The summed E-state index contributed by atoms with van der Waals surface area (Å²) in [6.07, 6.45) is 7.49. The second-order valence-corrected chi connectivity index (χ2v) is 7.37. The van der Waals surface area contributed by atoms with E-state index in [0.717, 1.165) is 31.7 Å². The van der Waals surface area contributed by atoms with E-state index in [-0.39, 0.29) is 12.5 Å². The van der Waals surface area contributed by atoms with Gasteiger partial charge in [-0.3, -0.25) is 4.79 Å². The number of hydrogen-bond acceptors (Lipinski definition) is 4. The normalized spacial score (nSPS) is 18.3. The van der Waals surface area contributed by atoms with Crippen molar-refractivity contribution in [3.05, 3.63) is 24.2 Å². The van der Waals surface area contributed by atoms with E-state index < -0.39 is 0 Å². The minimum Gasteiger partial charge on any atom is -0.469 e. The average molecular weight is 378 g/mol. The van der Waals surface area contributed by atoms with E-state index >= 15 is 0 Å². The monoisotopic (exact) mass is 377 g/mol. The van der Waals surface area contributed by atoms with E-state index in [1.54, 1.807) is 25.3 Å². The Balaban J connectivity index is 1.75. The lowest BCUT2D eigenvalue weighted by molar-refractivity contribution is -0.127. The predicted molar refractivity (Wildman–Crippen MR) is 109 cm³/mol. The molecule has 0 aliphatic carbocycles. The highest BCUT2D eigenvalue weighted by Crippen LogP contribution is 2.15. The Morgan fingerprint density at radius 1 is 1.33 bits per heavy atom. The zero-order chi connectivity index (χ0) is 19.5. The highest BCUT2D eigenvalue weighted by molar-refractivity contribution is 5.84. The first-order valence-electron chi connectivity index (χ1n) is 10.0. The standard InChI is InChI=1S/C20H35N5O2/c1-17-8-4-5-13-25(17)14-7-11-21-20(23-16-19(26)24(2)3)22-12-10-18-9-6-15-27-18/h6,9,15,17H,4-5,7-8,10-14,16H2,1-3H3,(H2,21,22,23).